The molecule has 2 nitrogen and oxygen atoms in total. The molecule has 0 spiro atoms. The van der Waals surface area contributed by atoms with Gasteiger partial charge in [0.1, 0.15) is 0 Å². The lowest BCUT2D eigenvalue weighted by atomic mass is 10.1. The summed E-state index contributed by atoms with van der Waals surface area (Å²) >= 11 is 3.47. The van der Waals surface area contributed by atoms with Gasteiger partial charge in [0.25, 0.3) is 0 Å². The van der Waals surface area contributed by atoms with E-state index in [0.29, 0.717) is 6.04 Å². The van der Waals surface area contributed by atoms with Crippen LogP contribution in [0, 0.1) is 13.8 Å². The van der Waals surface area contributed by atoms with Gasteiger partial charge < -0.3 is 5.32 Å². The molecule has 0 bridgehead atoms. The highest BCUT2D eigenvalue weighted by molar-refractivity contribution is 8.01. The SMILES string of the molecule is Cc1csc(Sc2ccc(CNC(C)C)cc2C)n1. The molecule has 0 atom stereocenters. The summed E-state index contributed by atoms with van der Waals surface area (Å²) in [6, 6.07) is 7.19. The number of aryl methyl sites for hydroxylation is 2. The van der Waals surface area contributed by atoms with E-state index in [9.17, 15) is 0 Å². The molecule has 102 valence electrons. The number of hydrogen-bond donors (Lipinski definition) is 1. The van der Waals surface area contributed by atoms with Crippen molar-refractivity contribution in [1.29, 1.82) is 0 Å². The molecular formula is C15H20N2S2. The van der Waals surface area contributed by atoms with Crippen LogP contribution in [-0.2, 0) is 6.54 Å². The minimum absolute atomic E-state index is 0.521. The molecule has 1 heterocycles. The van der Waals surface area contributed by atoms with E-state index in [1.165, 1.54) is 16.0 Å². The van der Waals surface area contributed by atoms with Crippen LogP contribution < -0.4 is 5.32 Å². The van der Waals surface area contributed by atoms with Gasteiger partial charge in [-0.25, -0.2) is 4.98 Å². The summed E-state index contributed by atoms with van der Waals surface area (Å²) in [6.07, 6.45) is 0. The van der Waals surface area contributed by atoms with Gasteiger partial charge in [0.05, 0.1) is 0 Å². The monoisotopic (exact) mass is 292 g/mol. The van der Waals surface area contributed by atoms with Crippen molar-refractivity contribution in [3.8, 4) is 0 Å². The Kier molecular flexibility index (Phi) is 5.02. The molecule has 0 aliphatic carbocycles. The standard InChI is InChI=1S/C15H20N2S2/c1-10(2)16-8-13-5-6-14(11(3)7-13)19-15-17-12(4)9-18-15/h5-7,9-10,16H,8H2,1-4H3. The normalized spacial score (nSPS) is 11.2. The summed E-state index contributed by atoms with van der Waals surface area (Å²) in [7, 11) is 0. The molecule has 0 aliphatic heterocycles. The lowest BCUT2D eigenvalue weighted by molar-refractivity contribution is 0.588. The van der Waals surface area contributed by atoms with Crippen LogP contribution in [-0.4, -0.2) is 11.0 Å². The van der Waals surface area contributed by atoms with Crippen LogP contribution >= 0.6 is 23.1 Å². The first-order valence-corrected chi connectivity index (χ1v) is 8.17. The number of rotatable bonds is 5. The molecule has 2 aromatic rings. The van der Waals surface area contributed by atoms with E-state index in [4.69, 9.17) is 0 Å². The Bertz CT molecular complexity index is 547. The fourth-order valence-electron chi connectivity index (χ4n) is 1.73. The Hall–Kier alpha value is -0.840. The van der Waals surface area contributed by atoms with E-state index in [1.54, 1.807) is 23.1 Å². The molecule has 0 unspecified atom stereocenters. The Balaban J connectivity index is 2.06. The molecule has 0 fully saturated rings. The van der Waals surface area contributed by atoms with Crippen LogP contribution in [0.5, 0.6) is 0 Å². The third kappa shape index (κ3) is 4.34. The third-order valence-electron chi connectivity index (χ3n) is 2.75. The number of thiazole rings is 1. The average Bonchev–Trinajstić information content (AvgIpc) is 2.75. The maximum absolute atomic E-state index is 4.50. The summed E-state index contributed by atoms with van der Waals surface area (Å²) in [6.45, 7) is 9.47. The number of nitrogens with one attached hydrogen (secondary N) is 1. The zero-order valence-corrected chi connectivity index (χ0v) is 13.5. The Labute approximate surface area is 123 Å². The van der Waals surface area contributed by atoms with E-state index >= 15 is 0 Å². The summed E-state index contributed by atoms with van der Waals surface area (Å²) < 4.78 is 1.12. The first-order valence-electron chi connectivity index (χ1n) is 6.47. The van der Waals surface area contributed by atoms with Crippen molar-refractivity contribution in [1.82, 2.24) is 10.3 Å². The second-order valence-corrected chi connectivity index (χ2v) is 7.14. The molecule has 1 aromatic carbocycles. The molecule has 0 saturated carbocycles. The van der Waals surface area contributed by atoms with Gasteiger partial charge in [-0.2, -0.15) is 0 Å². The molecular weight excluding hydrogens is 272 g/mol. The molecule has 1 N–H and O–H groups in total. The number of aromatic nitrogens is 1. The Morgan fingerprint density at radius 3 is 2.68 bits per heavy atom. The van der Waals surface area contributed by atoms with E-state index in [0.717, 1.165) is 16.6 Å². The van der Waals surface area contributed by atoms with Crippen molar-refractivity contribution in [3.63, 3.8) is 0 Å². The molecule has 1 aromatic heterocycles. The zero-order chi connectivity index (χ0) is 13.8. The van der Waals surface area contributed by atoms with Gasteiger partial charge in [-0.3, -0.25) is 0 Å². The quantitative estimate of drug-likeness (QED) is 0.883. The number of nitrogens with zero attached hydrogens (tertiary/aromatic N) is 1. The van der Waals surface area contributed by atoms with Crippen LogP contribution in [0.2, 0.25) is 0 Å². The summed E-state index contributed by atoms with van der Waals surface area (Å²) in [5.41, 5.74) is 3.76. The predicted octanol–water partition coefficient (Wildman–Crippen LogP) is 4.41. The fraction of sp³-hybridized carbons (Fsp3) is 0.400. The highest BCUT2D eigenvalue weighted by atomic mass is 32.2. The first kappa shape index (κ1) is 14.6. The summed E-state index contributed by atoms with van der Waals surface area (Å²) in [5, 5.41) is 5.54. The van der Waals surface area contributed by atoms with Crippen molar-refractivity contribution in [3.05, 3.63) is 40.4 Å². The second kappa shape index (κ2) is 6.55. The topological polar surface area (TPSA) is 24.9 Å². The predicted molar refractivity (Wildman–Crippen MR) is 84.1 cm³/mol. The van der Waals surface area contributed by atoms with Gasteiger partial charge >= 0.3 is 0 Å². The van der Waals surface area contributed by atoms with E-state index < -0.39 is 0 Å². The second-order valence-electron chi connectivity index (χ2n) is 4.99. The van der Waals surface area contributed by atoms with Crippen LogP contribution in [0.25, 0.3) is 0 Å². The van der Waals surface area contributed by atoms with Crippen molar-refractivity contribution in [2.45, 2.75) is 49.5 Å². The molecule has 0 aliphatic rings. The average molecular weight is 292 g/mol. The molecule has 0 saturated heterocycles. The van der Waals surface area contributed by atoms with Gasteiger partial charge in [0.15, 0.2) is 4.34 Å². The smallest absolute Gasteiger partial charge is 0.154 e. The van der Waals surface area contributed by atoms with Crippen LogP contribution in [0.3, 0.4) is 0 Å². The van der Waals surface area contributed by atoms with Crippen LogP contribution in [0.4, 0.5) is 0 Å². The molecule has 0 amide bonds. The zero-order valence-electron chi connectivity index (χ0n) is 11.9. The van der Waals surface area contributed by atoms with E-state index in [-0.39, 0.29) is 0 Å². The molecule has 19 heavy (non-hydrogen) atoms. The van der Waals surface area contributed by atoms with Gasteiger partial charge in [-0.15, -0.1) is 11.3 Å². The largest absolute Gasteiger partial charge is 0.310 e. The molecule has 2 rings (SSSR count). The van der Waals surface area contributed by atoms with E-state index in [1.807, 2.05) is 6.92 Å². The number of benzene rings is 1. The summed E-state index contributed by atoms with van der Waals surface area (Å²) in [5.74, 6) is 0. The van der Waals surface area contributed by atoms with Gasteiger partial charge in [0.2, 0.25) is 0 Å². The van der Waals surface area contributed by atoms with E-state index in [2.05, 4.69) is 54.7 Å². The van der Waals surface area contributed by atoms with Crippen molar-refractivity contribution in [2.75, 3.05) is 0 Å². The Morgan fingerprint density at radius 1 is 1.32 bits per heavy atom. The minimum Gasteiger partial charge on any atom is -0.310 e. The van der Waals surface area contributed by atoms with Crippen LogP contribution in [0.1, 0.15) is 30.7 Å². The van der Waals surface area contributed by atoms with Crippen molar-refractivity contribution < 1.29 is 0 Å². The number of hydrogen-bond acceptors (Lipinski definition) is 4. The van der Waals surface area contributed by atoms with Gasteiger partial charge in [-0.05, 0) is 31.0 Å². The van der Waals surface area contributed by atoms with Gasteiger partial charge in [0, 0.05) is 28.6 Å². The van der Waals surface area contributed by atoms with Crippen molar-refractivity contribution in [2.24, 2.45) is 0 Å². The molecule has 4 heteroatoms. The minimum atomic E-state index is 0.521. The summed E-state index contributed by atoms with van der Waals surface area (Å²) in [4.78, 5) is 5.79. The molecule has 0 radical (unpaired) electrons. The third-order valence-corrected chi connectivity index (χ3v) is 4.98. The van der Waals surface area contributed by atoms with Crippen molar-refractivity contribution >= 4 is 23.1 Å². The maximum atomic E-state index is 4.50. The highest BCUT2D eigenvalue weighted by Gasteiger charge is 2.06. The van der Waals surface area contributed by atoms with Gasteiger partial charge in [-0.1, -0.05) is 37.7 Å². The Morgan fingerprint density at radius 2 is 2.11 bits per heavy atom. The lowest BCUT2D eigenvalue weighted by Crippen LogP contribution is -2.21. The fourth-order valence-corrected chi connectivity index (χ4v) is 3.59. The highest BCUT2D eigenvalue weighted by Crippen LogP contribution is 2.32. The maximum Gasteiger partial charge on any atom is 0.154 e. The lowest BCUT2D eigenvalue weighted by Gasteiger charge is -2.10. The first-order chi connectivity index (χ1) is 9.04. The van der Waals surface area contributed by atoms with Crippen LogP contribution in [0.15, 0.2) is 32.8 Å².